The van der Waals surface area contributed by atoms with Crippen molar-refractivity contribution in [3.63, 3.8) is 0 Å². The lowest BCUT2D eigenvalue weighted by Gasteiger charge is -2.10. The Balaban J connectivity index is 1.65. The van der Waals surface area contributed by atoms with E-state index in [0.717, 1.165) is 37.5 Å². The topological polar surface area (TPSA) is 39.1 Å². The van der Waals surface area contributed by atoms with E-state index in [0.29, 0.717) is 0 Å². The third-order valence-electron chi connectivity index (χ3n) is 3.72. The Kier molecular flexibility index (Phi) is 3.74. The van der Waals surface area contributed by atoms with Gasteiger partial charge in [0.25, 0.3) is 0 Å². The Morgan fingerprint density at radius 2 is 2.25 bits per heavy atom. The maximum atomic E-state index is 5.96. The second kappa shape index (κ2) is 5.67. The molecule has 1 aromatic heterocycles. The maximum absolute atomic E-state index is 5.96. The van der Waals surface area contributed by atoms with Crippen molar-refractivity contribution in [1.29, 1.82) is 0 Å². The van der Waals surface area contributed by atoms with E-state index in [1.807, 2.05) is 16.8 Å². The highest BCUT2D eigenvalue weighted by atomic mass is 16.5. The molecule has 0 spiro atoms. The Bertz CT molecular complexity index is 566. The second-order valence-corrected chi connectivity index (χ2v) is 5.29. The zero-order valence-corrected chi connectivity index (χ0v) is 12.1. The molecule has 0 amide bonds. The first kappa shape index (κ1) is 13.2. The summed E-state index contributed by atoms with van der Waals surface area (Å²) in [4.78, 5) is 0. The van der Waals surface area contributed by atoms with Gasteiger partial charge in [-0.3, -0.25) is 4.68 Å². The molecule has 1 aliphatic heterocycles. The first-order valence-corrected chi connectivity index (χ1v) is 7.24. The SMILES string of the molecule is CCNCc1cn(CC2Cc3ccccc3O2)nc1C. The lowest BCUT2D eigenvalue weighted by atomic mass is 10.1. The van der Waals surface area contributed by atoms with E-state index in [-0.39, 0.29) is 6.10 Å². The smallest absolute Gasteiger partial charge is 0.123 e. The minimum atomic E-state index is 0.193. The summed E-state index contributed by atoms with van der Waals surface area (Å²) in [6.07, 6.45) is 3.29. The molecule has 0 aliphatic carbocycles. The lowest BCUT2D eigenvalue weighted by molar-refractivity contribution is 0.203. The molecule has 4 heteroatoms. The molecule has 1 unspecified atom stereocenters. The number of hydrogen-bond acceptors (Lipinski definition) is 3. The second-order valence-electron chi connectivity index (χ2n) is 5.29. The van der Waals surface area contributed by atoms with Crippen LogP contribution in [0.1, 0.15) is 23.7 Å². The van der Waals surface area contributed by atoms with Crippen molar-refractivity contribution < 1.29 is 4.74 Å². The zero-order chi connectivity index (χ0) is 13.9. The van der Waals surface area contributed by atoms with Crippen LogP contribution in [0.25, 0.3) is 0 Å². The molecule has 0 fully saturated rings. The van der Waals surface area contributed by atoms with Crippen molar-refractivity contribution in [2.45, 2.75) is 39.5 Å². The molecular weight excluding hydrogens is 250 g/mol. The van der Waals surface area contributed by atoms with Gasteiger partial charge in [-0.1, -0.05) is 25.1 Å². The molecule has 20 heavy (non-hydrogen) atoms. The van der Waals surface area contributed by atoms with E-state index >= 15 is 0 Å². The molecule has 106 valence electrons. The van der Waals surface area contributed by atoms with Crippen LogP contribution in [-0.4, -0.2) is 22.4 Å². The summed E-state index contributed by atoms with van der Waals surface area (Å²) in [5.41, 5.74) is 3.66. The average Bonchev–Trinajstić information content (AvgIpc) is 2.99. The monoisotopic (exact) mass is 271 g/mol. The van der Waals surface area contributed by atoms with Crippen LogP contribution in [0.15, 0.2) is 30.5 Å². The molecule has 0 bridgehead atoms. The van der Waals surface area contributed by atoms with Gasteiger partial charge in [0.1, 0.15) is 11.9 Å². The summed E-state index contributed by atoms with van der Waals surface area (Å²) in [6.45, 7) is 6.85. The van der Waals surface area contributed by atoms with Crippen LogP contribution in [0.3, 0.4) is 0 Å². The van der Waals surface area contributed by atoms with Crippen molar-refractivity contribution in [2.75, 3.05) is 6.54 Å². The van der Waals surface area contributed by atoms with Gasteiger partial charge in [0, 0.05) is 24.7 Å². The number of nitrogens with zero attached hydrogens (tertiary/aromatic N) is 2. The van der Waals surface area contributed by atoms with Crippen molar-refractivity contribution in [1.82, 2.24) is 15.1 Å². The van der Waals surface area contributed by atoms with E-state index in [1.165, 1.54) is 11.1 Å². The van der Waals surface area contributed by atoms with Crippen LogP contribution in [0.2, 0.25) is 0 Å². The van der Waals surface area contributed by atoms with Crippen LogP contribution in [0, 0.1) is 6.92 Å². The van der Waals surface area contributed by atoms with E-state index in [1.54, 1.807) is 0 Å². The maximum Gasteiger partial charge on any atom is 0.123 e. The van der Waals surface area contributed by atoms with Crippen molar-refractivity contribution in [3.05, 3.63) is 47.3 Å². The molecule has 0 saturated heterocycles. The number of para-hydroxylation sites is 1. The Hall–Kier alpha value is -1.81. The predicted octanol–water partition coefficient (Wildman–Crippen LogP) is 2.30. The van der Waals surface area contributed by atoms with Gasteiger partial charge in [-0.05, 0) is 25.1 Å². The quantitative estimate of drug-likeness (QED) is 0.907. The lowest BCUT2D eigenvalue weighted by Crippen LogP contribution is -2.21. The molecule has 3 rings (SSSR count). The molecule has 2 heterocycles. The van der Waals surface area contributed by atoms with Gasteiger partial charge < -0.3 is 10.1 Å². The van der Waals surface area contributed by atoms with Gasteiger partial charge in [-0.2, -0.15) is 5.10 Å². The fourth-order valence-corrected chi connectivity index (χ4v) is 2.65. The molecular formula is C16H21N3O. The summed E-state index contributed by atoms with van der Waals surface area (Å²) in [7, 11) is 0. The van der Waals surface area contributed by atoms with Gasteiger partial charge in [0.05, 0.1) is 12.2 Å². The van der Waals surface area contributed by atoms with Gasteiger partial charge in [-0.15, -0.1) is 0 Å². The summed E-state index contributed by atoms with van der Waals surface area (Å²) < 4.78 is 7.98. The summed E-state index contributed by atoms with van der Waals surface area (Å²) >= 11 is 0. The van der Waals surface area contributed by atoms with Crippen LogP contribution in [-0.2, 0) is 19.5 Å². The van der Waals surface area contributed by atoms with Gasteiger partial charge in [0.2, 0.25) is 0 Å². The Morgan fingerprint density at radius 1 is 1.40 bits per heavy atom. The fraction of sp³-hybridized carbons (Fsp3) is 0.438. The number of nitrogens with one attached hydrogen (secondary N) is 1. The Labute approximate surface area is 119 Å². The average molecular weight is 271 g/mol. The van der Waals surface area contributed by atoms with Gasteiger partial charge in [-0.25, -0.2) is 0 Å². The molecule has 1 atom stereocenters. The highest BCUT2D eigenvalue weighted by Crippen LogP contribution is 2.28. The number of ether oxygens (including phenoxy) is 1. The van der Waals surface area contributed by atoms with Crippen LogP contribution in [0.4, 0.5) is 0 Å². The molecule has 1 N–H and O–H groups in total. The molecule has 1 aliphatic rings. The molecule has 2 aromatic rings. The van der Waals surface area contributed by atoms with E-state index in [2.05, 4.69) is 42.6 Å². The minimum absolute atomic E-state index is 0.193. The van der Waals surface area contributed by atoms with Crippen molar-refractivity contribution in [3.8, 4) is 5.75 Å². The van der Waals surface area contributed by atoms with Crippen LogP contribution in [0.5, 0.6) is 5.75 Å². The normalized spacial score (nSPS) is 17.0. The molecule has 0 radical (unpaired) electrons. The standard InChI is InChI=1S/C16H21N3O/c1-3-17-9-14-10-19(18-12(14)2)11-15-8-13-6-4-5-7-16(13)20-15/h4-7,10,15,17H,3,8-9,11H2,1-2H3. The van der Waals surface area contributed by atoms with E-state index in [9.17, 15) is 0 Å². The molecule has 1 aromatic carbocycles. The fourth-order valence-electron chi connectivity index (χ4n) is 2.65. The third-order valence-corrected chi connectivity index (χ3v) is 3.72. The third kappa shape index (κ3) is 2.70. The van der Waals surface area contributed by atoms with Crippen molar-refractivity contribution in [2.24, 2.45) is 0 Å². The highest BCUT2D eigenvalue weighted by molar-refractivity contribution is 5.37. The summed E-state index contributed by atoms with van der Waals surface area (Å²) in [6, 6.07) is 8.27. The number of fused-ring (bicyclic) bond motifs is 1. The number of aryl methyl sites for hydroxylation is 1. The first-order valence-electron chi connectivity index (χ1n) is 7.24. The van der Waals surface area contributed by atoms with E-state index < -0.39 is 0 Å². The predicted molar refractivity (Wildman–Crippen MR) is 78.9 cm³/mol. The van der Waals surface area contributed by atoms with Gasteiger partial charge in [0.15, 0.2) is 0 Å². The highest BCUT2D eigenvalue weighted by Gasteiger charge is 2.23. The van der Waals surface area contributed by atoms with Crippen molar-refractivity contribution >= 4 is 0 Å². The summed E-state index contributed by atoms with van der Waals surface area (Å²) in [5, 5.41) is 7.93. The Morgan fingerprint density at radius 3 is 3.05 bits per heavy atom. The summed E-state index contributed by atoms with van der Waals surface area (Å²) in [5.74, 6) is 1.02. The molecule has 4 nitrogen and oxygen atoms in total. The number of benzene rings is 1. The minimum Gasteiger partial charge on any atom is -0.488 e. The number of rotatable bonds is 5. The van der Waals surface area contributed by atoms with E-state index in [4.69, 9.17) is 4.74 Å². The van der Waals surface area contributed by atoms with Gasteiger partial charge >= 0.3 is 0 Å². The van der Waals surface area contributed by atoms with Crippen LogP contribution < -0.4 is 10.1 Å². The number of aromatic nitrogens is 2. The zero-order valence-electron chi connectivity index (χ0n) is 12.1. The largest absolute Gasteiger partial charge is 0.488 e. The van der Waals surface area contributed by atoms with Crippen LogP contribution >= 0.6 is 0 Å². The number of hydrogen-bond donors (Lipinski definition) is 1. The first-order chi connectivity index (χ1) is 9.76. The molecule has 0 saturated carbocycles.